The second-order valence-corrected chi connectivity index (χ2v) is 5.40. The van der Waals surface area contributed by atoms with E-state index in [0.29, 0.717) is 27.7 Å². The molecule has 0 unspecified atom stereocenters. The average molecular weight is 330 g/mol. The minimum Gasteiger partial charge on any atom is -0.358 e. The van der Waals surface area contributed by atoms with Crippen molar-refractivity contribution in [1.29, 1.82) is 0 Å². The largest absolute Gasteiger partial charge is 0.358 e. The minimum atomic E-state index is -0.390. The molecule has 4 nitrogen and oxygen atoms in total. The molecule has 3 rings (SSSR count). The van der Waals surface area contributed by atoms with E-state index in [0.717, 1.165) is 0 Å². The molecule has 1 aliphatic heterocycles. The summed E-state index contributed by atoms with van der Waals surface area (Å²) in [6, 6.07) is 13.1. The Balaban J connectivity index is 1.84. The highest BCUT2D eigenvalue weighted by molar-refractivity contribution is 6.31. The topological polar surface area (TPSA) is 44.7 Å². The van der Waals surface area contributed by atoms with Crippen LogP contribution < -0.4 is 10.3 Å². The molecule has 0 radical (unpaired) electrons. The van der Waals surface area contributed by atoms with Crippen molar-refractivity contribution < 1.29 is 9.18 Å². The lowest BCUT2D eigenvalue weighted by molar-refractivity contribution is -0.114. The highest BCUT2D eigenvalue weighted by Crippen LogP contribution is 2.25. The van der Waals surface area contributed by atoms with Gasteiger partial charge in [-0.25, -0.2) is 4.39 Å². The van der Waals surface area contributed by atoms with Gasteiger partial charge in [-0.3, -0.25) is 4.79 Å². The van der Waals surface area contributed by atoms with Gasteiger partial charge in [0.15, 0.2) is 0 Å². The Morgan fingerprint density at radius 3 is 2.57 bits per heavy atom. The first kappa shape index (κ1) is 15.2. The first-order valence-electron chi connectivity index (χ1n) is 6.93. The van der Waals surface area contributed by atoms with Crippen LogP contribution in [-0.4, -0.2) is 11.6 Å². The standard InChI is InChI=1S/C17H13ClFN3O/c1-11-14(10-20-16-5-3-2-4-15(16)19)17(23)22(21-11)13-8-6-12(18)7-9-13/h2-10,20H,1H3. The van der Waals surface area contributed by atoms with Crippen LogP contribution in [0.2, 0.25) is 5.02 Å². The van der Waals surface area contributed by atoms with E-state index in [1.165, 1.54) is 17.3 Å². The lowest BCUT2D eigenvalue weighted by Gasteiger charge is -2.11. The van der Waals surface area contributed by atoms with Crippen LogP contribution in [-0.2, 0) is 4.79 Å². The van der Waals surface area contributed by atoms with Crippen molar-refractivity contribution in [2.45, 2.75) is 6.92 Å². The zero-order valence-electron chi connectivity index (χ0n) is 12.3. The van der Waals surface area contributed by atoms with E-state index in [4.69, 9.17) is 11.6 Å². The van der Waals surface area contributed by atoms with Crippen LogP contribution in [0.25, 0.3) is 0 Å². The molecule has 0 saturated heterocycles. The predicted octanol–water partition coefficient (Wildman–Crippen LogP) is 4.20. The van der Waals surface area contributed by atoms with Gasteiger partial charge in [0.2, 0.25) is 0 Å². The Kier molecular flexibility index (Phi) is 4.12. The number of hydrogen-bond donors (Lipinski definition) is 1. The molecule has 1 aliphatic rings. The summed E-state index contributed by atoms with van der Waals surface area (Å²) >= 11 is 5.85. The van der Waals surface area contributed by atoms with E-state index in [2.05, 4.69) is 10.4 Å². The van der Waals surface area contributed by atoms with Gasteiger partial charge in [-0.05, 0) is 43.3 Å². The van der Waals surface area contributed by atoms with Gasteiger partial charge in [0, 0.05) is 11.2 Å². The minimum absolute atomic E-state index is 0.284. The number of anilines is 2. The zero-order valence-corrected chi connectivity index (χ0v) is 13.0. The number of hydrogen-bond acceptors (Lipinski definition) is 3. The summed E-state index contributed by atoms with van der Waals surface area (Å²) in [5, 5.41) is 8.92. The summed E-state index contributed by atoms with van der Waals surface area (Å²) in [6.07, 6.45) is 1.47. The van der Waals surface area contributed by atoms with Crippen LogP contribution in [0, 0.1) is 5.82 Å². The molecule has 0 atom stereocenters. The van der Waals surface area contributed by atoms with E-state index < -0.39 is 0 Å². The van der Waals surface area contributed by atoms with Crippen molar-refractivity contribution in [2.75, 3.05) is 10.3 Å². The van der Waals surface area contributed by atoms with E-state index in [9.17, 15) is 9.18 Å². The second kappa shape index (κ2) is 6.22. The van der Waals surface area contributed by atoms with Crippen LogP contribution >= 0.6 is 11.6 Å². The summed E-state index contributed by atoms with van der Waals surface area (Å²) in [4.78, 5) is 12.5. The lowest BCUT2D eigenvalue weighted by atomic mass is 10.2. The highest BCUT2D eigenvalue weighted by Gasteiger charge is 2.28. The Bertz CT molecular complexity index is 815. The number of nitrogens with one attached hydrogen (secondary N) is 1. The summed E-state index contributed by atoms with van der Waals surface area (Å²) in [7, 11) is 0. The molecule has 1 N–H and O–H groups in total. The SMILES string of the molecule is CC1=NN(c2ccc(Cl)cc2)C(=O)C1=CNc1ccccc1F. The van der Waals surface area contributed by atoms with Crippen molar-refractivity contribution in [3.63, 3.8) is 0 Å². The van der Waals surface area contributed by atoms with Crippen molar-refractivity contribution in [2.24, 2.45) is 5.10 Å². The fourth-order valence-corrected chi connectivity index (χ4v) is 2.30. The molecular weight excluding hydrogens is 317 g/mol. The maximum absolute atomic E-state index is 13.6. The third-order valence-corrected chi connectivity index (χ3v) is 3.63. The van der Waals surface area contributed by atoms with E-state index in [1.807, 2.05) is 0 Å². The molecule has 0 aliphatic carbocycles. The molecule has 0 saturated carbocycles. The monoisotopic (exact) mass is 329 g/mol. The van der Waals surface area contributed by atoms with Gasteiger partial charge in [0.1, 0.15) is 5.82 Å². The molecule has 2 aromatic carbocycles. The lowest BCUT2D eigenvalue weighted by Crippen LogP contribution is -2.21. The van der Waals surface area contributed by atoms with Gasteiger partial charge in [0.25, 0.3) is 5.91 Å². The second-order valence-electron chi connectivity index (χ2n) is 4.96. The van der Waals surface area contributed by atoms with Crippen LogP contribution in [0.4, 0.5) is 15.8 Å². The molecule has 0 spiro atoms. The van der Waals surface area contributed by atoms with Crippen molar-refractivity contribution in [3.8, 4) is 0 Å². The number of amides is 1. The molecule has 116 valence electrons. The first-order valence-corrected chi connectivity index (χ1v) is 7.31. The maximum Gasteiger partial charge on any atom is 0.282 e. The average Bonchev–Trinajstić information content (AvgIpc) is 2.82. The number of para-hydroxylation sites is 1. The molecule has 1 heterocycles. The Labute approximate surface area is 137 Å². The molecular formula is C17H13ClFN3O. The molecule has 0 fully saturated rings. The van der Waals surface area contributed by atoms with Gasteiger partial charge < -0.3 is 5.32 Å². The van der Waals surface area contributed by atoms with E-state index in [-0.39, 0.29) is 11.7 Å². The molecule has 23 heavy (non-hydrogen) atoms. The number of hydrazone groups is 1. The normalized spacial score (nSPS) is 16.0. The van der Waals surface area contributed by atoms with Crippen molar-refractivity contribution >= 4 is 34.6 Å². The molecule has 2 aromatic rings. The quantitative estimate of drug-likeness (QED) is 0.858. The highest BCUT2D eigenvalue weighted by atomic mass is 35.5. The van der Waals surface area contributed by atoms with Gasteiger partial charge >= 0.3 is 0 Å². The number of halogens is 2. The van der Waals surface area contributed by atoms with Crippen LogP contribution in [0.3, 0.4) is 0 Å². The Morgan fingerprint density at radius 1 is 1.17 bits per heavy atom. The molecule has 1 amide bonds. The predicted molar refractivity (Wildman–Crippen MR) is 90.2 cm³/mol. The first-order chi connectivity index (χ1) is 11.1. The summed E-state index contributed by atoms with van der Waals surface area (Å²) in [6.45, 7) is 1.72. The van der Waals surface area contributed by atoms with Crippen molar-refractivity contribution in [3.05, 3.63) is 71.1 Å². The molecule has 0 aromatic heterocycles. The fourth-order valence-electron chi connectivity index (χ4n) is 2.17. The molecule has 0 bridgehead atoms. The van der Waals surface area contributed by atoms with Crippen molar-refractivity contribution in [1.82, 2.24) is 0 Å². The Hall–Kier alpha value is -2.66. The third kappa shape index (κ3) is 3.10. The van der Waals surface area contributed by atoms with Gasteiger partial charge in [-0.2, -0.15) is 10.1 Å². The fraction of sp³-hybridized carbons (Fsp3) is 0.0588. The van der Waals surface area contributed by atoms with Gasteiger partial charge in [0.05, 0.1) is 22.7 Å². The number of benzene rings is 2. The number of rotatable bonds is 3. The Morgan fingerprint density at radius 2 is 1.87 bits per heavy atom. The summed E-state index contributed by atoms with van der Waals surface area (Å²) in [5.74, 6) is -0.674. The maximum atomic E-state index is 13.6. The zero-order chi connectivity index (χ0) is 16.4. The van der Waals surface area contributed by atoms with Gasteiger partial charge in [-0.1, -0.05) is 23.7 Å². The smallest absolute Gasteiger partial charge is 0.282 e. The number of carbonyl (C=O) groups is 1. The number of carbonyl (C=O) groups excluding carboxylic acids is 1. The van der Waals surface area contributed by atoms with Gasteiger partial charge in [-0.15, -0.1) is 0 Å². The van der Waals surface area contributed by atoms with E-state index >= 15 is 0 Å². The van der Waals surface area contributed by atoms with E-state index in [1.54, 1.807) is 49.4 Å². The van der Waals surface area contributed by atoms with Crippen LogP contribution in [0.15, 0.2) is 65.4 Å². The summed E-state index contributed by atoms with van der Waals surface area (Å²) < 4.78 is 13.6. The van der Waals surface area contributed by atoms with Crippen LogP contribution in [0.1, 0.15) is 6.92 Å². The summed E-state index contributed by atoms with van der Waals surface area (Å²) in [5.41, 5.74) is 1.84. The van der Waals surface area contributed by atoms with Crippen LogP contribution in [0.5, 0.6) is 0 Å². The number of nitrogens with zero attached hydrogens (tertiary/aromatic N) is 2. The third-order valence-electron chi connectivity index (χ3n) is 3.38. The molecule has 6 heteroatoms.